The van der Waals surface area contributed by atoms with Gasteiger partial charge in [-0.15, -0.1) is 0 Å². The van der Waals surface area contributed by atoms with Crippen molar-refractivity contribution in [3.8, 4) is 6.07 Å². The van der Waals surface area contributed by atoms with E-state index in [4.69, 9.17) is 0 Å². The minimum Gasteiger partial charge on any atom is -0.274 e. The molecule has 1 heterocycles. The minimum absolute atomic E-state index is 0.159. The number of hydrogen-bond acceptors (Lipinski definition) is 3. The fourth-order valence-corrected chi connectivity index (χ4v) is 3.53. The van der Waals surface area contributed by atoms with Crippen LogP contribution in [0.5, 0.6) is 0 Å². The second-order valence-corrected chi connectivity index (χ2v) is 7.05. The lowest BCUT2D eigenvalue weighted by Crippen LogP contribution is -2.58. The third-order valence-corrected chi connectivity index (χ3v) is 4.58. The van der Waals surface area contributed by atoms with Gasteiger partial charge in [-0.1, -0.05) is 46.0 Å². The highest BCUT2D eigenvalue weighted by Crippen LogP contribution is 2.39. The van der Waals surface area contributed by atoms with Gasteiger partial charge in [0, 0.05) is 12.8 Å². The Balaban J connectivity index is 2.28. The molecule has 0 radical (unpaired) electrons. The van der Waals surface area contributed by atoms with E-state index >= 15 is 0 Å². The summed E-state index contributed by atoms with van der Waals surface area (Å²) in [5.41, 5.74) is -1.16. The van der Waals surface area contributed by atoms with E-state index in [0.29, 0.717) is 25.7 Å². The lowest BCUT2D eigenvalue weighted by atomic mass is 9.77. The van der Waals surface area contributed by atoms with Crippen molar-refractivity contribution in [1.82, 2.24) is 4.90 Å². The van der Waals surface area contributed by atoms with Crippen LogP contribution in [0.2, 0.25) is 0 Å². The van der Waals surface area contributed by atoms with Gasteiger partial charge in [0.05, 0.1) is 6.07 Å². The van der Waals surface area contributed by atoms with E-state index in [2.05, 4.69) is 6.07 Å². The largest absolute Gasteiger partial charge is 0.274 e. The molecule has 2 aliphatic rings. The van der Waals surface area contributed by atoms with Crippen LogP contribution in [0, 0.1) is 16.7 Å². The molecular weight excluding hydrogens is 252 g/mol. The molecule has 1 saturated heterocycles. The van der Waals surface area contributed by atoms with E-state index in [-0.39, 0.29) is 17.2 Å². The molecule has 0 bridgehead atoms. The van der Waals surface area contributed by atoms with Crippen molar-refractivity contribution in [2.75, 3.05) is 0 Å². The zero-order chi connectivity index (χ0) is 14.8. The van der Waals surface area contributed by atoms with Crippen LogP contribution in [-0.2, 0) is 9.59 Å². The van der Waals surface area contributed by atoms with Gasteiger partial charge in [-0.3, -0.25) is 14.5 Å². The van der Waals surface area contributed by atoms with Gasteiger partial charge in [0.25, 0.3) is 0 Å². The molecule has 0 atom stereocenters. The quantitative estimate of drug-likeness (QED) is 0.691. The number of nitrogens with zero attached hydrogens (tertiary/aromatic N) is 2. The predicted octanol–water partition coefficient (Wildman–Crippen LogP) is 3.17. The second kappa shape index (κ2) is 5.55. The zero-order valence-corrected chi connectivity index (χ0v) is 12.6. The molecule has 0 unspecified atom stereocenters. The second-order valence-electron chi connectivity index (χ2n) is 7.05. The van der Waals surface area contributed by atoms with Crippen LogP contribution in [0.25, 0.3) is 0 Å². The summed E-state index contributed by atoms with van der Waals surface area (Å²) in [5.74, 6) is -0.318. The van der Waals surface area contributed by atoms with Gasteiger partial charge in [0.1, 0.15) is 5.54 Å². The predicted molar refractivity (Wildman–Crippen MR) is 75.5 cm³/mol. The lowest BCUT2D eigenvalue weighted by molar-refractivity contribution is -0.159. The Labute approximate surface area is 121 Å². The maximum atomic E-state index is 12.4. The molecule has 4 nitrogen and oxygen atoms in total. The van der Waals surface area contributed by atoms with Crippen molar-refractivity contribution in [1.29, 1.82) is 5.26 Å². The average molecular weight is 276 g/mol. The van der Waals surface area contributed by atoms with Crippen molar-refractivity contribution in [2.24, 2.45) is 5.41 Å². The summed E-state index contributed by atoms with van der Waals surface area (Å²) in [7, 11) is 0. The molecule has 1 aliphatic heterocycles. The number of likely N-dealkylation sites (tertiary alicyclic amines) is 1. The number of imide groups is 1. The van der Waals surface area contributed by atoms with Crippen LogP contribution in [0.1, 0.15) is 71.6 Å². The first kappa shape index (κ1) is 15.0. The number of carbonyl (C=O) groups excluding carboxylic acids is 2. The topological polar surface area (TPSA) is 61.2 Å². The summed E-state index contributed by atoms with van der Waals surface area (Å²) in [5, 5.41) is 9.68. The lowest BCUT2D eigenvalue weighted by Gasteiger charge is -2.44. The summed E-state index contributed by atoms with van der Waals surface area (Å²) < 4.78 is 0. The highest BCUT2D eigenvalue weighted by molar-refractivity contribution is 5.99. The first-order valence-corrected chi connectivity index (χ1v) is 7.67. The van der Waals surface area contributed by atoms with E-state index in [1.807, 2.05) is 13.8 Å². The molecule has 0 aromatic carbocycles. The third kappa shape index (κ3) is 2.87. The van der Waals surface area contributed by atoms with Crippen molar-refractivity contribution >= 4 is 11.8 Å². The Bertz CT molecular complexity index is 420. The van der Waals surface area contributed by atoms with Crippen LogP contribution < -0.4 is 0 Å². The Morgan fingerprint density at radius 3 is 1.85 bits per heavy atom. The molecule has 2 rings (SSSR count). The van der Waals surface area contributed by atoms with Crippen LogP contribution in [0.4, 0.5) is 0 Å². The molecule has 110 valence electrons. The van der Waals surface area contributed by atoms with Crippen LogP contribution in [0.15, 0.2) is 0 Å². The summed E-state index contributed by atoms with van der Waals surface area (Å²) in [6, 6.07) is 2.33. The van der Waals surface area contributed by atoms with Gasteiger partial charge < -0.3 is 0 Å². The number of piperidine rings is 1. The summed E-state index contributed by atoms with van der Waals surface area (Å²) in [6.07, 6.45) is 7.22. The Hall–Kier alpha value is -1.37. The minimum atomic E-state index is -0.884. The molecule has 0 spiro atoms. The van der Waals surface area contributed by atoms with Crippen LogP contribution in [0.3, 0.4) is 0 Å². The van der Waals surface area contributed by atoms with Gasteiger partial charge in [0.15, 0.2) is 0 Å². The van der Waals surface area contributed by atoms with Crippen molar-refractivity contribution in [3.05, 3.63) is 0 Å². The normalized spacial score (nSPS) is 26.6. The molecule has 0 N–H and O–H groups in total. The number of amides is 2. The van der Waals surface area contributed by atoms with E-state index in [1.54, 1.807) is 0 Å². The summed E-state index contributed by atoms with van der Waals surface area (Å²) >= 11 is 0. The first-order valence-electron chi connectivity index (χ1n) is 7.67. The molecule has 1 aliphatic carbocycles. The van der Waals surface area contributed by atoms with Crippen molar-refractivity contribution in [3.63, 3.8) is 0 Å². The average Bonchev–Trinajstić information content (AvgIpc) is 2.29. The molecule has 1 saturated carbocycles. The van der Waals surface area contributed by atoms with E-state index in [1.165, 1.54) is 11.3 Å². The molecule has 0 aromatic rings. The van der Waals surface area contributed by atoms with Crippen molar-refractivity contribution in [2.45, 2.75) is 77.2 Å². The summed E-state index contributed by atoms with van der Waals surface area (Å²) in [4.78, 5) is 26.2. The number of nitriles is 1. The smallest absolute Gasteiger partial charge is 0.231 e. The van der Waals surface area contributed by atoms with Gasteiger partial charge in [-0.25, -0.2) is 0 Å². The molecule has 20 heavy (non-hydrogen) atoms. The first-order chi connectivity index (χ1) is 9.40. The number of hydrogen-bond donors (Lipinski definition) is 0. The van der Waals surface area contributed by atoms with Gasteiger partial charge in [-0.2, -0.15) is 5.26 Å². The standard InChI is InChI=1S/C16H24N2O2/c1-15(2)10-13(19)18(14(20)11-15)16(12-17)8-6-4-3-5-7-9-16/h3-11H2,1-2H3. The maximum Gasteiger partial charge on any atom is 0.231 e. The highest BCUT2D eigenvalue weighted by atomic mass is 16.2. The van der Waals surface area contributed by atoms with Crippen LogP contribution >= 0.6 is 0 Å². The molecular formula is C16H24N2O2. The van der Waals surface area contributed by atoms with E-state index in [9.17, 15) is 14.9 Å². The van der Waals surface area contributed by atoms with Gasteiger partial charge >= 0.3 is 0 Å². The van der Waals surface area contributed by atoms with E-state index in [0.717, 1.165) is 25.7 Å². The SMILES string of the molecule is CC1(C)CC(=O)N(C2(C#N)CCCCCCC2)C(=O)C1. The fraction of sp³-hybridized carbons (Fsp3) is 0.812. The molecule has 2 fully saturated rings. The molecule has 4 heteroatoms. The molecule has 0 aromatic heterocycles. The summed E-state index contributed by atoms with van der Waals surface area (Å²) in [6.45, 7) is 3.88. The molecule has 2 amide bonds. The Morgan fingerprint density at radius 2 is 1.40 bits per heavy atom. The monoisotopic (exact) mass is 276 g/mol. The third-order valence-electron chi connectivity index (χ3n) is 4.58. The van der Waals surface area contributed by atoms with Crippen LogP contribution in [-0.4, -0.2) is 22.3 Å². The maximum absolute atomic E-state index is 12.4. The van der Waals surface area contributed by atoms with Gasteiger partial charge in [0.2, 0.25) is 11.8 Å². The highest BCUT2D eigenvalue weighted by Gasteiger charge is 2.48. The zero-order valence-electron chi connectivity index (χ0n) is 12.6. The van der Waals surface area contributed by atoms with E-state index < -0.39 is 5.54 Å². The number of rotatable bonds is 1. The number of carbonyl (C=O) groups is 2. The van der Waals surface area contributed by atoms with Gasteiger partial charge in [-0.05, 0) is 18.3 Å². The van der Waals surface area contributed by atoms with Crippen molar-refractivity contribution < 1.29 is 9.59 Å². The fourth-order valence-electron chi connectivity index (χ4n) is 3.53. The Morgan fingerprint density at radius 1 is 0.950 bits per heavy atom. The Kier molecular flexibility index (Phi) is 4.17.